The van der Waals surface area contributed by atoms with E-state index in [9.17, 15) is 14.4 Å². The van der Waals surface area contributed by atoms with E-state index in [4.69, 9.17) is 15.2 Å². The normalized spacial score (nSPS) is 11.5. The Balaban J connectivity index is 1.64. The van der Waals surface area contributed by atoms with E-state index in [0.29, 0.717) is 11.4 Å². The van der Waals surface area contributed by atoms with Crippen LogP contribution in [0.4, 0.5) is 11.4 Å². The van der Waals surface area contributed by atoms with Crippen LogP contribution in [0.5, 0.6) is 0 Å². The number of hydrogen-bond donors (Lipinski definition) is 2. The van der Waals surface area contributed by atoms with Crippen LogP contribution in [-0.2, 0) is 37.1 Å². The molecule has 0 unspecified atom stereocenters. The third-order valence-corrected chi connectivity index (χ3v) is 5.30. The highest BCUT2D eigenvalue weighted by molar-refractivity contribution is 5.97. The van der Waals surface area contributed by atoms with Crippen LogP contribution in [0, 0.1) is 0 Å². The van der Waals surface area contributed by atoms with E-state index in [-0.39, 0.29) is 26.3 Å². The molecule has 1 atom stereocenters. The van der Waals surface area contributed by atoms with Crippen molar-refractivity contribution < 1.29 is 23.9 Å². The Bertz CT molecular complexity index is 1060. The van der Waals surface area contributed by atoms with Gasteiger partial charge < -0.3 is 20.5 Å². The molecule has 3 rings (SSSR count). The lowest BCUT2D eigenvalue weighted by molar-refractivity contribution is -0.151. The van der Waals surface area contributed by atoms with Crippen molar-refractivity contribution in [3.63, 3.8) is 0 Å². The van der Waals surface area contributed by atoms with Gasteiger partial charge in [0.05, 0.1) is 30.5 Å². The highest BCUT2D eigenvalue weighted by Gasteiger charge is 2.27. The van der Waals surface area contributed by atoms with Crippen molar-refractivity contribution in [3.05, 3.63) is 96.1 Å². The van der Waals surface area contributed by atoms with Crippen molar-refractivity contribution in [1.82, 2.24) is 4.90 Å². The second kappa shape index (κ2) is 12.9. The summed E-state index contributed by atoms with van der Waals surface area (Å²) in [4.78, 5) is 39.4. The highest BCUT2D eigenvalue weighted by atomic mass is 16.5. The molecule has 0 aliphatic heterocycles. The Labute approximate surface area is 204 Å². The van der Waals surface area contributed by atoms with Crippen molar-refractivity contribution in [2.24, 2.45) is 0 Å². The Kier molecular flexibility index (Phi) is 9.39. The molecule has 8 heteroatoms. The van der Waals surface area contributed by atoms with Crippen molar-refractivity contribution in [2.75, 3.05) is 24.1 Å². The molecule has 3 aromatic carbocycles. The van der Waals surface area contributed by atoms with Gasteiger partial charge in [0.2, 0.25) is 5.91 Å². The Hall–Kier alpha value is -4.17. The minimum atomic E-state index is -0.844. The van der Waals surface area contributed by atoms with E-state index < -0.39 is 23.9 Å². The van der Waals surface area contributed by atoms with E-state index in [0.717, 1.165) is 11.1 Å². The molecular weight excluding hydrogens is 446 g/mol. The van der Waals surface area contributed by atoms with Crippen LogP contribution in [0.25, 0.3) is 0 Å². The van der Waals surface area contributed by atoms with Gasteiger partial charge in [-0.25, -0.2) is 0 Å². The molecule has 0 spiro atoms. The van der Waals surface area contributed by atoms with Crippen molar-refractivity contribution in [2.45, 2.75) is 26.2 Å². The number of rotatable bonds is 11. The number of amides is 1. The number of nitrogen functional groups attached to an aromatic ring is 1. The first-order valence-electron chi connectivity index (χ1n) is 11.2. The second-order valence-electron chi connectivity index (χ2n) is 7.95. The number of benzene rings is 3. The maximum atomic E-state index is 12.9. The van der Waals surface area contributed by atoms with Crippen LogP contribution < -0.4 is 11.1 Å². The molecule has 0 bridgehead atoms. The van der Waals surface area contributed by atoms with Gasteiger partial charge in [-0.05, 0) is 30.2 Å². The van der Waals surface area contributed by atoms with Crippen molar-refractivity contribution in [1.29, 1.82) is 0 Å². The largest absolute Gasteiger partial charge is 0.460 e. The first-order chi connectivity index (χ1) is 16.9. The first-order valence-corrected chi connectivity index (χ1v) is 11.2. The molecule has 0 fully saturated rings. The van der Waals surface area contributed by atoms with Crippen molar-refractivity contribution >= 4 is 29.2 Å². The lowest BCUT2D eigenvalue weighted by atomic mass is 10.2. The molecule has 3 N–H and O–H groups in total. The molecule has 0 saturated carbocycles. The average Bonchev–Trinajstić information content (AvgIpc) is 2.88. The summed E-state index contributed by atoms with van der Waals surface area (Å²) in [6.07, 6.45) is 0. The summed E-state index contributed by atoms with van der Waals surface area (Å²) in [7, 11) is 0. The number of carbonyl (C=O) groups excluding carboxylic acids is 3. The number of esters is 2. The SMILES string of the molecule is C[C@@H](C(=O)Nc1ccccc1N)N(CC(=O)OCc1ccccc1)CC(=O)OCc1ccccc1. The van der Waals surface area contributed by atoms with Crippen LogP contribution in [0.1, 0.15) is 18.1 Å². The number of carbonyl (C=O) groups is 3. The fourth-order valence-corrected chi connectivity index (χ4v) is 3.24. The number of nitrogens with two attached hydrogens (primary N) is 1. The molecule has 35 heavy (non-hydrogen) atoms. The van der Waals surface area contributed by atoms with E-state index in [1.807, 2.05) is 60.7 Å². The fourth-order valence-electron chi connectivity index (χ4n) is 3.24. The maximum absolute atomic E-state index is 12.9. The first kappa shape index (κ1) is 25.5. The zero-order valence-electron chi connectivity index (χ0n) is 19.6. The lowest BCUT2D eigenvalue weighted by Gasteiger charge is -2.26. The Morgan fingerprint density at radius 1 is 0.771 bits per heavy atom. The van der Waals surface area contributed by atoms with E-state index in [2.05, 4.69) is 5.32 Å². The quantitative estimate of drug-likeness (QED) is 0.323. The average molecular weight is 476 g/mol. The standard InChI is InChI=1S/C27H29N3O5/c1-20(27(33)29-24-15-9-8-14-23(24)28)30(16-25(31)34-18-21-10-4-2-5-11-21)17-26(32)35-19-22-12-6-3-7-13-22/h2-15,20H,16-19,28H2,1H3,(H,29,33)/t20-/m0/s1. The maximum Gasteiger partial charge on any atom is 0.320 e. The summed E-state index contributed by atoms with van der Waals surface area (Å²) in [5.41, 5.74) is 8.44. The third-order valence-electron chi connectivity index (χ3n) is 5.30. The minimum Gasteiger partial charge on any atom is -0.460 e. The summed E-state index contributed by atoms with van der Waals surface area (Å²) in [6, 6.07) is 24.5. The van der Waals surface area contributed by atoms with Crippen LogP contribution in [0.15, 0.2) is 84.9 Å². The van der Waals surface area contributed by atoms with E-state index >= 15 is 0 Å². The summed E-state index contributed by atoms with van der Waals surface area (Å²) in [6.45, 7) is 1.24. The molecule has 0 aromatic heterocycles. The number of nitrogens with one attached hydrogen (secondary N) is 1. The van der Waals surface area contributed by atoms with Gasteiger partial charge in [-0.2, -0.15) is 0 Å². The lowest BCUT2D eigenvalue weighted by Crippen LogP contribution is -2.47. The molecule has 1 amide bonds. The molecule has 8 nitrogen and oxygen atoms in total. The summed E-state index contributed by atoms with van der Waals surface area (Å²) in [5.74, 6) is -1.55. The van der Waals surface area contributed by atoms with Gasteiger partial charge >= 0.3 is 11.9 Å². The second-order valence-corrected chi connectivity index (χ2v) is 7.95. The molecule has 182 valence electrons. The number of para-hydroxylation sites is 2. The van der Waals surface area contributed by atoms with Gasteiger partial charge in [0.15, 0.2) is 0 Å². The van der Waals surface area contributed by atoms with Crippen LogP contribution in [0.3, 0.4) is 0 Å². The highest BCUT2D eigenvalue weighted by Crippen LogP contribution is 2.17. The van der Waals surface area contributed by atoms with Gasteiger partial charge in [0, 0.05) is 0 Å². The van der Waals surface area contributed by atoms with Crippen LogP contribution in [0.2, 0.25) is 0 Å². The molecule has 0 heterocycles. The number of ether oxygens (including phenoxy) is 2. The van der Waals surface area contributed by atoms with Crippen LogP contribution >= 0.6 is 0 Å². The smallest absolute Gasteiger partial charge is 0.320 e. The van der Waals surface area contributed by atoms with Gasteiger partial charge in [-0.15, -0.1) is 0 Å². The minimum absolute atomic E-state index is 0.0904. The summed E-state index contributed by atoms with van der Waals surface area (Å²) >= 11 is 0. The molecule has 0 saturated heterocycles. The molecule has 0 aliphatic rings. The molecular formula is C27H29N3O5. The molecule has 0 radical (unpaired) electrons. The van der Waals surface area contributed by atoms with Crippen molar-refractivity contribution in [3.8, 4) is 0 Å². The predicted molar refractivity (Wildman–Crippen MR) is 133 cm³/mol. The number of nitrogens with zero attached hydrogens (tertiary/aromatic N) is 1. The molecule has 0 aliphatic carbocycles. The summed E-state index contributed by atoms with van der Waals surface area (Å²) in [5, 5.41) is 2.74. The zero-order chi connectivity index (χ0) is 25.0. The molecule has 3 aromatic rings. The van der Waals surface area contributed by atoms with Gasteiger partial charge in [-0.1, -0.05) is 72.8 Å². The number of anilines is 2. The van der Waals surface area contributed by atoms with Gasteiger partial charge in [0.25, 0.3) is 0 Å². The predicted octanol–water partition coefficient (Wildman–Crippen LogP) is 3.38. The fraction of sp³-hybridized carbons (Fsp3) is 0.222. The zero-order valence-corrected chi connectivity index (χ0v) is 19.6. The van der Waals surface area contributed by atoms with E-state index in [1.54, 1.807) is 31.2 Å². The Morgan fingerprint density at radius 3 is 1.71 bits per heavy atom. The Morgan fingerprint density at radius 2 is 1.23 bits per heavy atom. The number of hydrogen-bond acceptors (Lipinski definition) is 7. The third kappa shape index (κ3) is 8.28. The van der Waals surface area contributed by atoms with E-state index in [1.165, 1.54) is 4.90 Å². The van der Waals surface area contributed by atoms with Crippen LogP contribution in [-0.4, -0.2) is 41.9 Å². The monoisotopic (exact) mass is 475 g/mol. The van der Waals surface area contributed by atoms with Gasteiger partial charge in [0.1, 0.15) is 13.2 Å². The van der Waals surface area contributed by atoms with Gasteiger partial charge in [-0.3, -0.25) is 19.3 Å². The topological polar surface area (TPSA) is 111 Å². The summed E-state index contributed by atoms with van der Waals surface area (Å²) < 4.78 is 10.7.